The monoisotopic (exact) mass is 296 g/mol. The van der Waals surface area contributed by atoms with Crippen LogP contribution in [0.3, 0.4) is 0 Å². The Bertz CT molecular complexity index is 556. The van der Waals surface area contributed by atoms with Crippen molar-refractivity contribution in [3.8, 4) is 0 Å². The van der Waals surface area contributed by atoms with Crippen molar-refractivity contribution >= 4 is 11.8 Å². The second-order valence-electron chi connectivity index (χ2n) is 6.04. The van der Waals surface area contributed by atoms with Crippen LogP contribution in [0.25, 0.3) is 0 Å². The van der Waals surface area contributed by atoms with E-state index in [4.69, 9.17) is 4.52 Å². The normalized spacial score (nSPS) is 12.3. The molecule has 0 unspecified atom stereocenters. The smallest absolute Gasteiger partial charge is 0.237 e. The molecule has 0 aromatic carbocycles. The molecule has 20 heavy (non-hydrogen) atoms. The zero-order valence-corrected chi connectivity index (χ0v) is 13.3. The summed E-state index contributed by atoms with van der Waals surface area (Å²) >= 11 is 1.50. The van der Waals surface area contributed by atoms with Crippen molar-refractivity contribution in [2.45, 2.75) is 57.5 Å². The molecule has 0 amide bonds. The number of nitrogens with zero attached hydrogens (tertiary/aromatic N) is 6. The lowest BCUT2D eigenvalue weighted by Crippen LogP contribution is -2.24. The van der Waals surface area contributed by atoms with Crippen LogP contribution in [0.5, 0.6) is 0 Å². The van der Waals surface area contributed by atoms with Gasteiger partial charge in [-0.2, -0.15) is 4.98 Å². The minimum atomic E-state index is -0.149. The summed E-state index contributed by atoms with van der Waals surface area (Å²) in [5.74, 6) is 2.45. The van der Waals surface area contributed by atoms with Crippen molar-refractivity contribution in [1.82, 2.24) is 30.3 Å². The highest BCUT2D eigenvalue weighted by Gasteiger charge is 2.20. The van der Waals surface area contributed by atoms with Crippen LogP contribution in [0.15, 0.2) is 9.68 Å². The standard InChI is InChI=1S/C12H20N6OS/c1-8(2)6-9-13-10(19-15-9)7-20-11-14-16-17-18(11)12(3,4)5/h8H,6-7H2,1-5H3. The Kier molecular flexibility index (Phi) is 4.42. The first-order valence-electron chi connectivity index (χ1n) is 6.59. The molecule has 0 atom stereocenters. The molecule has 0 saturated carbocycles. The van der Waals surface area contributed by atoms with E-state index in [1.807, 2.05) is 0 Å². The van der Waals surface area contributed by atoms with E-state index in [1.54, 1.807) is 4.68 Å². The summed E-state index contributed by atoms with van der Waals surface area (Å²) in [6, 6.07) is 0. The van der Waals surface area contributed by atoms with E-state index in [1.165, 1.54) is 11.8 Å². The highest BCUT2D eigenvalue weighted by Crippen LogP contribution is 2.24. The number of thioether (sulfide) groups is 1. The molecule has 0 radical (unpaired) electrons. The fourth-order valence-electron chi connectivity index (χ4n) is 1.61. The van der Waals surface area contributed by atoms with Crippen LogP contribution in [0, 0.1) is 5.92 Å². The minimum Gasteiger partial charge on any atom is -0.338 e. The van der Waals surface area contributed by atoms with E-state index in [2.05, 4.69) is 60.3 Å². The lowest BCUT2D eigenvalue weighted by Gasteiger charge is -2.19. The molecule has 7 nitrogen and oxygen atoms in total. The third kappa shape index (κ3) is 3.78. The van der Waals surface area contributed by atoms with Crippen molar-refractivity contribution in [3.63, 3.8) is 0 Å². The van der Waals surface area contributed by atoms with Gasteiger partial charge in [0, 0.05) is 6.42 Å². The molecule has 0 aliphatic rings. The summed E-state index contributed by atoms with van der Waals surface area (Å²) in [5, 5.41) is 16.5. The van der Waals surface area contributed by atoms with E-state index in [0.717, 1.165) is 17.4 Å². The zero-order chi connectivity index (χ0) is 14.8. The quantitative estimate of drug-likeness (QED) is 0.783. The zero-order valence-electron chi connectivity index (χ0n) is 12.5. The van der Waals surface area contributed by atoms with Gasteiger partial charge in [-0.05, 0) is 37.1 Å². The topological polar surface area (TPSA) is 82.5 Å². The van der Waals surface area contributed by atoms with Gasteiger partial charge < -0.3 is 4.52 Å². The summed E-state index contributed by atoms with van der Waals surface area (Å²) in [7, 11) is 0. The second kappa shape index (κ2) is 5.90. The third-order valence-corrected chi connectivity index (χ3v) is 3.41. The molecular formula is C12H20N6OS. The van der Waals surface area contributed by atoms with Crippen molar-refractivity contribution in [2.24, 2.45) is 5.92 Å². The Morgan fingerprint density at radius 3 is 2.70 bits per heavy atom. The Balaban J connectivity index is 1.99. The second-order valence-corrected chi connectivity index (χ2v) is 6.98. The molecule has 0 aliphatic heterocycles. The molecule has 0 N–H and O–H groups in total. The molecular weight excluding hydrogens is 276 g/mol. The van der Waals surface area contributed by atoms with Gasteiger partial charge >= 0.3 is 0 Å². The van der Waals surface area contributed by atoms with Crippen molar-refractivity contribution in [2.75, 3.05) is 0 Å². The van der Waals surface area contributed by atoms with Crippen LogP contribution in [0.1, 0.15) is 46.3 Å². The maximum atomic E-state index is 5.23. The predicted octanol–water partition coefficient (Wildman–Crippen LogP) is 2.30. The largest absolute Gasteiger partial charge is 0.338 e. The molecule has 2 heterocycles. The molecule has 0 saturated heterocycles. The summed E-state index contributed by atoms with van der Waals surface area (Å²) < 4.78 is 7.02. The van der Waals surface area contributed by atoms with Crippen LogP contribution in [-0.4, -0.2) is 30.3 Å². The van der Waals surface area contributed by atoms with E-state index < -0.39 is 0 Å². The molecule has 2 aromatic rings. The predicted molar refractivity (Wildman–Crippen MR) is 75.2 cm³/mol. The van der Waals surface area contributed by atoms with Gasteiger partial charge in [-0.15, -0.1) is 5.10 Å². The van der Waals surface area contributed by atoms with E-state index in [-0.39, 0.29) is 5.54 Å². The first-order valence-corrected chi connectivity index (χ1v) is 7.58. The van der Waals surface area contributed by atoms with E-state index >= 15 is 0 Å². The van der Waals surface area contributed by atoms with Crippen molar-refractivity contribution in [3.05, 3.63) is 11.7 Å². The van der Waals surface area contributed by atoms with Gasteiger partial charge in [0.2, 0.25) is 11.0 Å². The van der Waals surface area contributed by atoms with Gasteiger partial charge in [0.15, 0.2) is 5.82 Å². The molecule has 2 aromatic heterocycles. The summed E-state index contributed by atoms with van der Waals surface area (Å²) in [6.07, 6.45) is 0.827. The average Bonchev–Trinajstić information content (AvgIpc) is 2.92. The highest BCUT2D eigenvalue weighted by atomic mass is 32.2. The Morgan fingerprint density at radius 1 is 1.30 bits per heavy atom. The van der Waals surface area contributed by atoms with Gasteiger partial charge in [-0.3, -0.25) is 0 Å². The van der Waals surface area contributed by atoms with Gasteiger partial charge in [0.1, 0.15) is 0 Å². The number of hydrogen-bond donors (Lipinski definition) is 0. The number of hydrogen-bond acceptors (Lipinski definition) is 7. The average molecular weight is 296 g/mol. The van der Waals surface area contributed by atoms with Gasteiger partial charge in [0.05, 0.1) is 11.3 Å². The van der Waals surface area contributed by atoms with Crippen LogP contribution < -0.4 is 0 Å². The Hall–Kier alpha value is -1.44. The maximum absolute atomic E-state index is 5.23. The molecule has 0 spiro atoms. The first kappa shape index (κ1) is 15.0. The third-order valence-electron chi connectivity index (χ3n) is 2.50. The van der Waals surface area contributed by atoms with Crippen molar-refractivity contribution in [1.29, 1.82) is 0 Å². The SMILES string of the molecule is CC(C)Cc1noc(CSc2nnnn2C(C)(C)C)n1. The highest BCUT2D eigenvalue weighted by molar-refractivity contribution is 7.98. The van der Waals surface area contributed by atoms with Crippen LogP contribution >= 0.6 is 11.8 Å². The fourth-order valence-corrected chi connectivity index (χ4v) is 2.51. The Morgan fingerprint density at radius 2 is 2.05 bits per heavy atom. The molecule has 2 rings (SSSR count). The molecule has 110 valence electrons. The number of aromatic nitrogens is 6. The lowest BCUT2D eigenvalue weighted by molar-refractivity contribution is 0.321. The van der Waals surface area contributed by atoms with E-state index in [9.17, 15) is 0 Å². The minimum absolute atomic E-state index is 0.149. The number of rotatable bonds is 5. The first-order chi connectivity index (χ1) is 9.36. The number of tetrazole rings is 1. The van der Waals surface area contributed by atoms with Crippen LogP contribution in [0.4, 0.5) is 0 Å². The maximum Gasteiger partial charge on any atom is 0.237 e. The van der Waals surface area contributed by atoms with Gasteiger partial charge in [-0.1, -0.05) is 30.8 Å². The Labute approximate surface area is 122 Å². The lowest BCUT2D eigenvalue weighted by atomic mass is 10.1. The van der Waals surface area contributed by atoms with Crippen LogP contribution in [0.2, 0.25) is 0 Å². The fraction of sp³-hybridized carbons (Fsp3) is 0.750. The molecule has 0 fully saturated rings. The molecule has 8 heteroatoms. The van der Waals surface area contributed by atoms with Crippen LogP contribution in [-0.2, 0) is 17.7 Å². The summed E-state index contributed by atoms with van der Waals surface area (Å²) in [4.78, 5) is 4.37. The molecule has 0 aliphatic carbocycles. The van der Waals surface area contributed by atoms with Gasteiger partial charge in [0.25, 0.3) is 0 Å². The van der Waals surface area contributed by atoms with Crippen molar-refractivity contribution < 1.29 is 4.52 Å². The summed E-state index contributed by atoms with van der Waals surface area (Å²) in [6.45, 7) is 10.4. The van der Waals surface area contributed by atoms with Gasteiger partial charge in [-0.25, -0.2) is 4.68 Å². The molecule has 0 bridgehead atoms. The summed E-state index contributed by atoms with van der Waals surface area (Å²) in [5.41, 5.74) is -0.149. The van der Waals surface area contributed by atoms with E-state index in [0.29, 0.717) is 17.6 Å².